The van der Waals surface area contributed by atoms with Crippen LogP contribution in [0.3, 0.4) is 0 Å². The molecule has 0 saturated carbocycles. The second kappa shape index (κ2) is 6.53. The Morgan fingerprint density at radius 1 is 1.53 bits per heavy atom. The fraction of sp³-hybridized carbons (Fsp3) is 0.533. The summed E-state index contributed by atoms with van der Waals surface area (Å²) in [7, 11) is 2.13. The van der Waals surface area contributed by atoms with Crippen LogP contribution in [0.25, 0.3) is 0 Å². The first kappa shape index (κ1) is 14.5. The molecule has 1 saturated heterocycles. The normalized spacial score (nSPS) is 20.3. The van der Waals surface area contributed by atoms with Crippen molar-refractivity contribution in [3.05, 3.63) is 28.2 Å². The van der Waals surface area contributed by atoms with Crippen LogP contribution in [-0.4, -0.2) is 30.9 Å². The van der Waals surface area contributed by atoms with Crippen LogP contribution < -0.4 is 5.32 Å². The molecule has 1 heterocycles. The molecule has 4 heteroatoms. The minimum atomic E-state index is 0.116. The number of carbonyl (C=O) groups excluding carboxylic acids is 1. The molecule has 0 spiro atoms. The summed E-state index contributed by atoms with van der Waals surface area (Å²) in [5.41, 5.74) is 2.04. The smallest absolute Gasteiger partial charge is 0.224 e. The molecule has 1 aliphatic heterocycles. The molecule has 3 nitrogen and oxygen atoms in total. The van der Waals surface area contributed by atoms with Gasteiger partial charge < -0.3 is 10.2 Å². The van der Waals surface area contributed by atoms with Crippen LogP contribution in [0.5, 0.6) is 0 Å². The molecule has 1 fully saturated rings. The van der Waals surface area contributed by atoms with Gasteiger partial charge in [0.2, 0.25) is 5.91 Å². The Balaban J connectivity index is 1.90. The number of piperidine rings is 1. The zero-order chi connectivity index (χ0) is 13.8. The number of aryl methyl sites for hydroxylation is 1. The van der Waals surface area contributed by atoms with Crippen molar-refractivity contribution in [2.45, 2.75) is 26.2 Å². The van der Waals surface area contributed by atoms with Crippen LogP contribution in [0.4, 0.5) is 5.69 Å². The maximum absolute atomic E-state index is 12.1. The topological polar surface area (TPSA) is 32.3 Å². The van der Waals surface area contributed by atoms with Gasteiger partial charge in [-0.2, -0.15) is 0 Å². The van der Waals surface area contributed by atoms with Crippen LogP contribution in [0.2, 0.25) is 0 Å². The van der Waals surface area contributed by atoms with E-state index in [0.29, 0.717) is 12.3 Å². The van der Waals surface area contributed by atoms with E-state index in [4.69, 9.17) is 0 Å². The SMILES string of the molecule is Cc1ccc(NC(=O)CC2CCCN(C)C2)c(Br)c1. The number of hydrogen-bond donors (Lipinski definition) is 1. The van der Waals surface area contributed by atoms with Gasteiger partial charge in [0.05, 0.1) is 5.69 Å². The lowest BCUT2D eigenvalue weighted by Gasteiger charge is -2.29. The number of carbonyl (C=O) groups is 1. The van der Waals surface area contributed by atoms with Crippen molar-refractivity contribution in [1.82, 2.24) is 4.90 Å². The maximum atomic E-state index is 12.1. The van der Waals surface area contributed by atoms with E-state index in [2.05, 4.69) is 33.2 Å². The first-order chi connectivity index (χ1) is 9.04. The van der Waals surface area contributed by atoms with Crippen molar-refractivity contribution in [1.29, 1.82) is 0 Å². The number of amides is 1. The fourth-order valence-corrected chi connectivity index (χ4v) is 3.22. The average molecular weight is 325 g/mol. The molecule has 0 bridgehead atoms. The van der Waals surface area contributed by atoms with E-state index in [1.165, 1.54) is 12.0 Å². The zero-order valence-corrected chi connectivity index (χ0v) is 13.2. The Kier molecular flexibility index (Phi) is 4.99. The highest BCUT2D eigenvalue weighted by molar-refractivity contribution is 9.10. The molecular weight excluding hydrogens is 304 g/mol. The predicted molar refractivity (Wildman–Crippen MR) is 82.3 cm³/mol. The Bertz CT molecular complexity index is 461. The standard InChI is InChI=1S/C15H21BrN2O/c1-11-5-6-14(13(16)8-11)17-15(19)9-12-4-3-7-18(2)10-12/h5-6,8,12H,3-4,7,9-10H2,1-2H3,(H,17,19). The molecule has 104 valence electrons. The molecule has 0 radical (unpaired) electrons. The van der Waals surface area contributed by atoms with E-state index in [1.807, 2.05) is 25.1 Å². The maximum Gasteiger partial charge on any atom is 0.224 e. The molecule has 19 heavy (non-hydrogen) atoms. The van der Waals surface area contributed by atoms with Gasteiger partial charge in [0.15, 0.2) is 0 Å². The number of halogens is 1. The second-order valence-electron chi connectivity index (χ2n) is 5.51. The van der Waals surface area contributed by atoms with Crippen molar-refractivity contribution < 1.29 is 4.79 Å². The van der Waals surface area contributed by atoms with Gasteiger partial charge in [-0.25, -0.2) is 0 Å². The van der Waals surface area contributed by atoms with Crippen molar-refractivity contribution in [2.75, 3.05) is 25.5 Å². The molecule has 0 aliphatic carbocycles. The van der Waals surface area contributed by atoms with Crippen LogP contribution in [0.1, 0.15) is 24.8 Å². The van der Waals surface area contributed by atoms with Crippen molar-refractivity contribution in [2.24, 2.45) is 5.92 Å². The number of rotatable bonds is 3. The van der Waals surface area contributed by atoms with Crippen LogP contribution in [0.15, 0.2) is 22.7 Å². The summed E-state index contributed by atoms with van der Waals surface area (Å²) < 4.78 is 0.946. The van der Waals surface area contributed by atoms with E-state index < -0.39 is 0 Å². The van der Waals surface area contributed by atoms with Crippen molar-refractivity contribution >= 4 is 27.5 Å². The molecule has 0 aromatic heterocycles. The summed E-state index contributed by atoms with van der Waals surface area (Å²) in [4.78, 5) is 14.4. The van der Waals surface area contributed by atoms with Crippen LogP contribution >= 0.6 is 15.9 Å². The van der Waals surface area contributed by atoms with Gasteiger partial charge in [0.1, 0.15) is 0 Å². The lowest BCUT2D eigenvalue weighted by molar-refractivity contribution is -0.117. The molecule has 1 amide bonds. The lowest BCUT2D eigenvalue weighted by Crippen LogP contribution is -2.34. The highest BCUT2D eigenvalue weighted by atomic mass is 79.9. The highest BCUT2D eigenvalue weighted by Gasteiger charge is 2.20. The first-order valence-electron chi connectivity index (χ1n) is 6.79. The molecule has 1 unspecified atom stereocenters. The van der Waals surface area contributed by atoms with Crippen LogP contribution in [0, 0.1) is 12.8 Å². The molecule has 1 aromatic carbocycles. The largest absolute Gasteiger partial charge is 0.325 e. The number of nitrogens with one attached hydrogen (secondary N) is 1. The van der Waals surface area contributed by atoms with E-state index in [0.717, 1.165) is 29.7 Å². The second-order valence-corrected chi connectivity index (χ2v) is 6.36. The molecular formula is C15H21BrN2O. The third kappa shape index (κ3) is 4.32. The van der Waals surface area contributed by atoms with E-state index >= 15 is 0 Å². The number of hydrogen-bond acceptors (Lipinski definition) is 2. The van der Waals surface area contributed by atoms with Gasteiger partial charge >= 0.3 is 0 Å². The molecule has 1 aliphatic rings. The van der Waals surface area contributed by atoms with Crippen molar-refractivity contribution in [3.63, 3.8) is 0 Å². The summed E-state index contributed by atoms with van der Waals surface area (Å²) in [6.07, 6.45) is 2.97. The summed E-state index contributed by atoms with van der Waals surface area (Å²) in [6, 6.07) is 5.98. The number of nitrogens with zero attached hydrogens (tertiary/aromatic N) is 1. The number of likely N-dealkylation sites (tertiary alicyclic amines) is 1. The summed E-state index contributed by atoms with van der Waals surface area (Å²) in [5.74, 6) is 0.604. The number of anilines is 1. The van der Waals surface area contributed by atoms with Gasteiger partial charge in [0.25, 0.3) is 0 Å². The van der Waals surface area contributed by atoms with Gasteiger partial charge in [0, 0.05) is 17.4 Å². The summed E-state index contributed by atoms with van der Waals surface area (Å²) in [6.45, 7) is 4.22. The van der Waals surface area contributed by atoms with Crippen LogP contribution in [-0.2, 0) is 4.79 Å². The van der Waals surface area contributed by atoms with Gasteiger partial charge in [-0.3, -0.25) is 4.79 Å². The fourth-order valence-electron chi connectivity index (χ4n) is 2.62. The zero-order valence-electron chi connectivity index (χ0n) is 11.6. The van der Waals surface area contributed by atoms with Gasteiger partial charge in [-0.15, -0.1) is 0 Å². The van der Waals surface area contributed by atoms with Gasteiger partial charge in [-0.05, 0) is 72.9 Å². The van der Waals surface area contributed by atoms with E-state index in [-0.39, 0.29) is 5.91 Å². The minimum absolute atomic E-state index is 0.116. The number of benzene rings is 1. The molecule has 1 aromatic rings. The third-order valence-corrected chi connectivity index (χ3v) is 4.25. The Labute approximate surface area is 123 Å². The summed E-state index contributed by atoms with van der Waals surface area (Å²) in [5, 5.41) is 3.00. The van der Waals surface area contributed by atoms with E-state index in [9.17, 15) is 4.79 Å². The van der Waals surface area contributed by atoms with Crippen molar-refractivity contribution in [3.8, 4) is 0 Å². The Morgan fingerprint density at radius 3 is 3.00 bits per heavy atom. The first-order valence-corrected chi connectivity index (χ1v) is 7.58. The summed E-state index contributed by atoms with van der Waals surface area (Å²) >= 11 is 3.49. The highest BCUT2D eigenvalue weighted by Crippen LogP contribution is 2.24. The Morgan fingerprint density at radius 2 is 2.32 bits per heavy atom. The monoisotopic (exact) mass is 324 g/mol. The predicted octanol–water partition coefficient (Wildman–Crippen LogP) is 3.43. The molecule has 1 N–H and O–H groups in total. The lowest BCUT2D eigenvalue weighted by atomic mass is 9.95. The third-order valence-electron chi connectivity index (χ3n) is 3.59. The quantitative estimate of drug-likeness (QED) is 0.923. The minimum Gasteiger partial charge on any atom is -0.325 e. The average Bonchev–Trinajstić information content (AvgIpc) is 2.33. The van der Waals surface area contributed by atoms with Gasteiger partial charge in [-0.1, -0.05) is 6.07 Å². The molecule has 2 rings (SSSR count). The molecule has 1 atom stereocenters. The van der Waals surface area contributed by atoms with E-state index in [1.54, 1.807) is 0 Å². The Hall–Kier alpha value is -0.870.